The Kier molecular flexibility index (Phi) is 7.40. The molecule has 0 spiro atoms. The monoisotopic (exact) mass is 506 g/mol. The zero-order valence-corrected chi connectivity index (χ0v) is 20.6. The molecule has 0 atom stereocenters. The van der Waals surface area contributed by atoms with Crippen molar-refractivity contribution in [3.05, 3.63) is 108 Å². The fourth-order valence-electron chi connectivity index (χ4n) is 4.33. The summed E-state index contributed by atoms with van der Waals surface area (Å²) in [5.41, 5.74) is 5.70. The van der Waals surface area contributed by atoms with E-state index in [-0.39, 0.29) is 25.0 Å². The van der Waals surface area contributed by atoms with Crippen LogP contribution in [0.3, 0.4) is 0 Å². The molecule has 0 bridgehead atoms. The van der Waals surface area contributed by atoms with E-state index in [1.165, 1.54) is 11.1 Å². The van der Waals surface area contributed by atoms with E-state index in [1.54, 1.807) is 30.3 Å². The fraction of sp³-hybridized carbons (Fsp3) is 0.133. The van der Waals surface area contributed by atoms with Crippen LogP contribution in [0.2, 0.25) is 0 Å². The van der Waals surface area contributed by atoms with Crippen molar-refractivity contribution in [3.63, 3.8) is 0 Å². The molecule has 0 saturated heterocycles. The van der Waals surface area contributed by atoms with Gasteiger partial charge in [0.05, 0.1) is 11.9 Å². The van der Waals surface area contributed by atoms with Crippen LogP contribution >= 0.6 is 0 Å². The van der Waals surface area contributed by atoms with E-state index in [9.17, 15) is 14.4 Å². The second-order valence-corrected chi connectivity index (χ2v) is 8.81. The molecule has 3 amide bonds. The van der Waals surface area contributed by atoms with E-state index in [4.69, 9.17) is 4.74 Å². The Morgan fingerprint density at radius 2 is 1.63 bits per heavy atom. The van der Waals surface area contributed by atoms with Crippen LogP contribution in [0.25, 0.3) is 10.8 Å². The molecule has 1 aliphatic heterocycles. The Morgan fingerprint density at radius 3 is 2.42 bits per heavy atom. The van der Waals surface area contributed by atoms with Gasteiger partial charge in [-0.15, -0.1) is 0 Å². The van der Waals surface area contributed by atoms with Gasteiger partial charge in [0.25, 0.3) is 17.7 Å². The van der Waals surface area contributed by atoms with Crippen LogP contribution in [0.5, 0.6) is 5.75 Å². The lowest BCUT2D eigenvalue weighted by Crippen LogP contribution is -2.37. The van der Waals surface area contributed by atoms with Crippen LogP contribution in [-0.2, 0) is 16.0 Å². The second kappa shape index (κ2) is 11.4. The number of hydrogen-bond acceptors (Lipinski definition) is 5. The molecule has 2 N–H and O–H groups in total. The molecule has 1 aliphatic rings. The number of hydrogen-bond donors (Lipinski definition) is 2. The second-order valence-electron chi connectivity index (χ2n) is 8.81. The van der Waals surface area contributed by atoms with Crippen LogP contribution in [0.4, 0.5) is 5.69 Å². The number of rotatable bonds is 10. The first kappa shape index (κ1) is 24.7. The minimum absolute atomic E-state index is 0.0783. The van der Waals surface area contributed by atoms with Crippen molar-refractivity contribution in [2.75, 3.05) is 24.6 Å². The normalized spacial score (nSPS) is 12.2. The highest BCUT2D eigenvalue weighted by Crippen LogP contribution is 2.36. The first-order valence-electron chi connectivity index (χ1n) is 12.3. The van der Waals surface area contributed by atoms with Gasteiger partial charge in [-0.2, -0.15) is 5.10 Å². The number of hydrazone groups is 1. The van der Waals surface area contributed by atoms with Gasteiger partial charge in [-0.25, -0.2) is 5.43 Å². The van der Waals surface area contributed by atoms with Crippen molar-refractivity contribution in [1.29, 1.82) is 0 Å². The van der Waals surface area contributed by atoms with Crippen LogP contribution in [0.15, 0.2) is 96.1 Å². The van der Waals surface area contributed by atoms with E-state index in [1.807, 2.05) is 60.7 Å². The summed E-state index contributed by atoms with van der Waals surface area (Å²) in [6.45, 7) is 0.330. The van der Waals surface area contributed by atoms with Crippen LogP contribution in [0, 0.1) is 0 Å². The van der Waals surface area contributed by atoms with Crippen molar-refractivity contribution in [3.8, 4) is 5.75 Å². The molecular formula is C30H26N4O4. The first-order chi connectivity index (χ1) is 18.6. The third kappa shape index (κ3) is 5.70. The summed E-state index contributed by atoms with van der Waals surface area (Å²) in [4.78, 5) is 38.8. The highest BCUT2D eigenvalue weighted by Gasteiger charge is 2.30. The number of anilines is 1. The summed E-state index contributed by atoms with van der Waals surface area (Å²) in [5.74, 6) is -0.246. The highest BCUT2D eigenvalue weighted by atomic mass is 16.5. The molecule has 38 heavy (non-hydrogen) atoms. The molecule has 1 heterocycles. The number of amides is 3. The summed E-state index contributed by atoms with van der Waals surface area (Å²) in [5, 5.41) is 8.67. The van der Waals surface area contributed by atoms with Gasteiger partial charge in [-0.1, -0.05) is 54.6 Å². The molecule has 0 aliphatic carbocycles. The zero-order chi connectivity index (χ0) is 26.3. The number of nitrogens with zero attached hydrogens (tertiary/aromatic N) is 2. The maximum Gasteiger partial charge on any atom is 0.260 e. The third-order valence-electron chi connectivity index (χ3n) is 6.18. The average molecular weight is 507 g/mol. The predicted octanol–water partition coefficient (Wildman–Crippen LogP) is 3.69. The van der Waals surface area contributed by atoms with E-state index < -0.39 is 5.91 Å². The summed E-state index contributed by atoms with van der Waals surface area (Å²) in [6.07, 6.45) is 2.26. The maximum atomic E-state index is 12.8. The van der Waals surface area contributed by atoms with Gasteiger partial charge >= 0.3 is 0 Å². The number of carbonyl (C=O) groups is 3. The SMILES string of the molecule is O=C(COc1ccc(/C=N\NC(=O)CN2C(=O)c3cccc4cccc2c34)cc1)NCCc1ccccc1. The Balaban J connectivity index is 1.06. The minimum Gasteiger partial charge on any atom is -0.484 e. The van der Waals surface area contributed by atoms with E-state index in [2.05, 4.69) is 15.8 Å². The zero-order valence-electron chi connectivity index (χ0n) is 20.6. The Labute approximate surface area is 219 Å². The number of ether oxygens (including phenoxy) is 1. The van der Waals surface area contributed by atoms with E-state index in [0.717, 1.165) is 34.0 Å². The predicted molar refractivity (Wildman–Crippen MR) is 146 cm³/mol. The van der Waals surface area contributed by atoms with Crippen LogP contribution in [-0.4, -0.2) is 43.6 Å². The lowest BCUT2D eigenvalue weighted by Gasteiger charge is -2.16. The smallest absolute Gasteiger partial charge is 0.260 e. The van der Waals surface area contributed by atoms with E-state index >= 15 is 0 Å². The van der Waals surface area contributed by atoms with Gasteiger partial charge in [0.1, 0.15) is 12.3 Å². The first-order valence-corrected chi connectivity index (χ1v) is 12.3. The topological polar surface area (TPSA) is 100 Å². The van der Waals surface area contributed by atoms with E-state index in [0.29, 0.717) is 17.9 Å². The fourth-order valence-corrected chi connectivity index (χ4v) is 4.33. The molecule has 4 aromatic carbocycles. The molecule has 8 nitrogen and oxygen atoms in total. The van der Waals surface area contributed by atoms with Gasteiger partial charge in [0.2, 0.25) is 0 Å². The van der Waals surface area contributed by atoms with Crippen molar-refractivity contribution in [1.82, 2.24) is 10.7 Å². The third-order valence-corrected chi connectivity index (χ3v) is 6.18. The lowest BCUT2D eigenvalue weighted by molar-refractivity contribution is -0.123. The molecule has 5 rings (SSSR count). The van der Waals surface area contributed by atoms with Gasteiger partial charge in [-0.3, -0.25) is 19.3 Å². The van der Waals surface area contributed by atoms with Crippen molar-refractivity contribution < 1.29 is 19.1 Å². The van der Waals surface area contributed by atoms with Crippen LogP contribution in [0.1, 0.15) is 21.5 Å². The number of carbonyl (C=O) groups excluding carboxylic acids is 3. The van der Waals surface area contributed by atoms with Crippen molar-refractivity contribution >= 4 is 40.4 Å². The van der Waals surface area contributed by atoms with Gasteiger partial charge in [-0.05, 0) is 59.3 Å². The lowest BCUT2D eigenvalue weighted by atomic mass is 10.1. The summed E-state index contributed by atoms with van der Waals surface area (Å²) >= 11 is 0. The van der Waals surface area contributed by atoms with Gasteiger partial charge in [0, 0.05) is 17.5 Å². The molecule has 0 aromatic heterocycles. The number of nitrogens with one attached hydrogen (secondary N) is 2. The molecule has 8 heteroatoms. The molecular weight excluding hydrogens is 480 g/mol. The standard InChI is InChI=1S/C30H26N4O4/c35-27(19-34-26-11-5-9-23-8-4-10-25(29(23)26)30(34)37)33-32-18-22-12-14-24(15-13-22)38-20-28(36)31-17-16-21-6-2-1-3-7-21/h1-15,18H,16-17,19-20H2,(H,31,36)(H,33,35)/b32-18-. The molecule has 0 saturated carbocycles. The summed E-state index contributed by atoms with van der Waals surface area (Å²) in [6, 6.07) is 28.1. The highest BCUT2D eigenvalue weighted by molar-refractivity contribution is 6.26. The molecule has 190 valence electrons. The molecule has 4 aromatic rings. The number of benzene rings is 4. The Hall–Kier alpha value is -4.98. The molecule has 0 unspecified atom stereocenters. The Morgan fingerprint density at radius 1 is 0.868 bits per heavy atom. The Bertz CT molecular complexity index is 1490. The molecule has 0 fully saturated rings. The molecule has 0 radical (unpaired) electrons. The van der Waals surface area contributed by atoms with Gasteiger partial charge in [0.15, 0.2) is 6.61 Å². The summed E-state index contributed by atoms with van der Waals surface area (Å²) in [7, 11) is 0. The minimum atomic E-state index is -0.405. The summed E-state index contributed by atoms with van der Waals surface area (Å²) < 4.78 is 5.54. The average Bonchev–Trinajstić information content (AvgIpc) is 3.21. The van der Waals surface area contributed by atoms with Crippen LogP contribution < -0.4 is 20.4 Å². The van der Waals surface area contributed by atoms with Gasteiger partial charge < -0.3 is 10.1 Å². The quantitative estimate of drug-likeness (QED) is 0.253. The largest absolute Gasteiger partial charge is 0.484 e. The van der Waals surface area contributed by atoms with Crippen molar-refractivity contribution in [2.24, 2.45) is 5.10 Å². The maximum absolute atomic E-state index is 12.8. The van der Waals surface area contributed by atoms with Crippen molar-refractivity contribution in [2.45, 2.75) is 6.42 Å².